The van der Waals surface area contributed by atoms with Crippen LogP contribution in [-0.2, 0) is 20.9 Å². The van der Waals surface area contributed by atoms with Crippen molar-refractivity contribution < 1.29 is 19.1 Å². The minimum Gasteiger partial charge on any atom is -0.452 e. The molecule has 1 heterocycles. The number of likely N-dealkylation sites (N-methyl/N-ethyl adjacent to an activating group) is 1. The van der Waals surface area contributed by atoms with E-state index < -0.39 is 5.97 Å². The summed E-state index contributed by atoms with van der Waals surface area (Å²) >= 11 is 7.15. The van der Waals surface area contributed by atoms with Gasteiger partial charge >= 0.3 is 5.97 Å². The number of benzene rings is 1. The number of halogens is 1. The van der Waals surface area contributed by atoms with Gasteiger partial charge in [0.1, 0.15) is 5.00 Å². The third-order valence-corrected chi connectivity index (χ3v) is 5.34. The Morgan fingerprint density at radius 3 is 2.41 bits per heavy atom. The minimum absolute atomic E-state index is 0.274. The fraction of sp³-hybridized carbons (Fsp3) is 0.316. The summed E-state index contributed by atoms with van der Waals surface area (Å²) in [5.74, 6) is -1.23. The van der Waals surface area contributed by atoms with E-state index in [4.69, 9.17) is 16.3 Å². The number of thiophene rings is 1. The zero-order valence-corrected chi connectivity index (χ0v) is 17.2. The minimum atomic E-state index is -0.631. The molecule has 27 heavy (non-hydrogen) atoms. The molecule has 0 radical (unpaired) electrons. The second kappa shape index (κ2) is 9.01. The van der Waals surface area contributed by atoms with E-state index in [-0.39, 0.29) is 18.4 Å². The number of ether oxygens (including phenoxy) is 1. The zero-order chi connectivity index (χ0) is 20.1. The second-order valence-corrected chi connectivity index (χ2v) is 7.78. The molecule has 2 amide bonds. The van der Waals surface area contributed by atoms with Crippen molar-refractivity contribution in [1.29, 1.82) is 0 Å². The third kappa shape index (κ3) is 5.55. The van der Waals surface area contributed by atoms with E-state index in [0.29, 0.717) is 22.1 Å². The maximum Gasteiger partial charge on any atom is 0.341 e. The summed E-state index contributed by atoms with van der Waals surface area (Å²) in [7, 11) is 1.63. The monoisotopic (exact) mass is 408 g/mol. The van der Waals surface area contributed by atoms with Crippen LogP contribution in [0.2, 0.25) is 5.02 Å². The van der Waals surface area contributed by atoms with Gasteiger partial charge in [0.15, 0.2) is 6.61 Å². The molecule has 2 rings (SSSR count). The number of hydrogen-bond acceptors (Lipinski definition) is 5. The SMILES string of the molecule is CC(=O)Nc1sc(C)c(C)c1C(=O)OCC(=O)N(C)Cc1ccc(Cl)cc1. The molecular formula is C19H21ClN2O4S. The molecule has 1 aromatic heterocycles. The van der Waals surface area contributed by atoms with Crippen LogP contribution >= 0.6 is 22.9 Å². The number of nitrogens with zero attached hydrogens (tertiary/aromatic N) is 1. The molecule has 0 atom stereocenters. The number of nitrogens with one attached hydrogen (secondary N) is 1. The topological polar surface area (TPSA) is 75.7 Å². The lowest BCUT2D eigenvalue weighted by Gasteiger charge is -2.17. The molecule has 144 valence electrons. The van der Waals surface area contributed by atoms with Crippen LogP contribution in [0.4, 0.5) is 5.00 Å². The largest absolute Gasteiger partial charge is 0.452 e. The van der Waals surface area contributed by atoms with Crippen LogP contribution in [0.25, 0.3) is 0 Å². The average Bonchev–Trinajstić information content (AvgIpc) is 2.87. The van der Waals surface area contributed by atoms with Crippen LogP contribution < -0.4 is 5.32 Å². The first-order chi connectivity index (χ1) is 12.7. The number of carbonyl (C=O) groups is 3. The first-order valence-electron chi connectivity index (χ1n) is 8.22. The standard InChI is InChI=1S/C19H21ClN2O4S/c1-11-12(2)27-18(21-13(3)23)17(11)19(25)26-10-16(24)22(4)9-14-5-7-15(20)8-6-14/h5-8H,9-10H2,1-4H3,(H,21,23). The summed E-state index contributed by atoms with van der Waals surface area (Å²) in [6.45, 7) is 5.00. The lowest BCUT2D eigenvalue weighted by molar-refractivity contribution is -0.133. The van der Waals surface area contributed by atoms with Crippen LogP contribution in [0, 0.1) is 13.8 Å². The molecule has 0 saturated heterocycles. The Morgan fingerprint density at radius 2 is 1.81 bits per heavy atom. The van der Waals surface area contributed by atoms with Gasteiger partial charge in [0.05, 0.1) is 5.56 Å². The maximum absolute atomic E-state index is 12.5. The number of esters is 1. The van der Waals surface area contributed by atoms with Crippen LogP contribution in [0.3, 0.4) is 0 Å². The van der Waals surface area contributed by atoms with E-state index in [1.807, 2.05) is 19.1 Å². The number of anilines is 1. The third-order valence-electron chi connectivity index (χ3n) is 3.96. The average molecular weight is 409 g/mol. The highest BCUT2D eigenvalue weighted by atomic mass is 35.5. The van der Waals surface area contributed by atoms with Crippen molar-refractivity contribution >= 4 is 45.7 Å². The van der Waals surface area contributed by atoms with Crippen molar-refractivity contribution in [3.8, 4) is 0 Å². The van der Waals surface area contributed by atoms with E-state index >= 15 is 0 Å². The first-order valence-corrected chi connectivity index (χ1v) is 9.41. The number of hydrogen-bond donors (Lipinski definition) is 1. The highest BCUT2D eigenvalue weighted by Gasteiger charge is 2.23. The van der Waals surface area contributed by atoms with Gasteiger partial charge in [0.2, 0.25) is 5.91 Å². The summed E-state index contributed by atoms with van der Waals surface area (Å²) in [6, 6.07) is 7.16. The van der Waals surface area contributed by atoms with Gasteiger partial charge in [-0.15, -0.1) is 11.3 Å². The van der Waals surface area contributed by atoms with Crippen molar-refractivity contribution in [3.05, 3.63) is 50.9 Å². The van der Waals surface area contributed by atoms with Gasteiger partial charge in [0, 0.05) is 30.4 Å². The molecule has 8 heteroatoms. The molecule has 2 aromatic rings. The molecule has 0 aliphatic heterocycles. The molecular weight excluding hydrogens is 388 g/mol. The molecule has 0 saturated carbocycles. The molecule has 0 aliphatic rings. The summed E-state index contributed by atoms with van der Waals surface area (Å²) < 4.78 is 5.19. The Morgan fingerprint density at radius 1 is 1.19 bits per heavy atom. The maximum atomic E-state index is 12.5. The molecule has 0 fully saturated rings. The van der Waals surface area contributed by atoms with Crippen LogP contribution in [0.5, 0.6) is 0 Å². The highest BCUT2D eigenvalue weighted by Crippen LogP contribution is 2.33. The first kappa shape index (κ1) is 20.9. The Bertz CT molecular complexity index is 861. The molecule has 0 aliphatic carbocycles. The van der Waals surface area contributed by atoms with Gasteiger partial charge in [-0.05, 0) is 37.1 Å². The van der Waals surface area contributed by atoms with E-state index in [1.165, 1.54) is 23.2 Å². The van der Waals surface area contributed by atoms with Crippen molar-refractivity contribution in [1.82, 2.24) is 4.90 Å². The number of rotatable bonds is 6. The van der Waals surface area contributed by atoms with E-state index in [2.05, 4.69) is 5.32 Å². The van der Waals surface area contributed by atoms with Crippen molar-refractivity contribution in [3.63, 3.8) is 0 Å². The van der Waals surface area contributed by atoms with Crippen molar-refractivity contribution in [2.24, 2.45) is 0 Å². The molecule has 1 aromatic carbocycles. The normalized spacial score (nSPS) is 10.4. The van der Waals surface area contributed by atoms with Gasteiger partial charge < -0.3 is 15.0 Å². The van der Waals surface area contributed by atoms with E-state index in [0.717, 1.165) is 16.0 Å². The Hall–Kier alpha value is -2.38. The Kier molecular flexibility index (Phi) is 6.98. The molecule has 0 bridgehead atoms. The number of carbonyl (C=O) groups excluding carboxylic acids is 3. The Balaban J connectivity index is 1.99. The summed E-state index contributed by atoms with van der Waals surface area (Å²) in [5, 5.41) is 3.69. The van der Waals surface area contributed by atoms with E-state index in [9.17, 15) is 14.4 Å². The van der Waals surface area contributed by atoms with Crippen molar-refractivity contribution in [2.75, 3.05) is 19.0 Å². The smallest absolute Gasteiger partial charge is 0.341 e. The number of amides is 2. The van der Waals surface area contributed by atoms with Crippen LogP contribution in [0.15, 0.2) is 24.3 Å². The van der Waals surface area contributed by atoms with Crippen LogP contribution in [-0.4, -0.2) is 36.3 Å². The summed E-state index contributed by atoms with van der Waals surface area (Å²) in [5.41, 5.74) is 1.94. The fourth-order valence-electron chi connectivity index (χ4n) is 2.38. The van der Waals surface area contributed by atoms with Gasteiger partial charge in [-0.2, -0.15) is 0 Å². The molecule has 0 unspecified atom stereocenters. The van der Waals surface area contributed by atoms with Crippen molar-refractivity contribution in [2.45, 2.75) is 27.3 Å². The van der Waals surface area contributed by atoms with Gasteiger partial charge in [-0.3, -0.25) is 9.59 Å². The van der Waals surface area contributed by atoms with Crippen LogP contribution in [0.1, 0.15) is 33.3 Å². The molecule has 0 spiro atoms. The summed E-state index contributed by atoms with van der Waals surface area (Å²) in [6.07, 6.45) is 0. The van der Waals surface area contributed by atoms with E-state index in [1.54, 1.807) is 26.1 Å². The predicted octanol–water partition coefficient (Wildman–Crippen LogP) is 3.79. The fourth-order valence-corrected chi connectivity index (χ4v) is 3.60. The molecule has 1 N–H and O–H groups in total. The lowest BCUT2D eigenvalue weighted by atomic mass is 10.1. The number of aryl methyl sites for hydroxylation is 1. The quantitative estimate of drug-likeness (QED) is 0.738. The lowest BCUT2D eigenvalue weighted by Crippen LogP contribution is -2.31. The van der Waals surface area contributed by atoms with Gasteiger partial charge in [-0.1, -0.05) is 23.7 Å². The molecule has 6 nitrogen and oxygen atoms in total. The predicted molar refractivity (Wildman–Crippen MR) is 106 cm³/mol. The Labute approximate surface area is 167 Å². The van der Waals surface area contributed by atoms with Gasteiger partial charge in [0.25, 0.3) is 5.91 Å². The second-order valence-electron chi connectivity index (χ2n) is 6.12. The van der Waals surface area contributed by atoms with Gasteiger partial charge in [-0.25, -0.2) is 4.79 Å². The summed E-state index contributed by atoms with van der Waals surface area (Å²) in [4.78, 5) is 38.4. The highest BCUT2D eigenvalue weighted by molar-refractivity contribution is 7.16. The zero-order valence-electron chi connectivity index (χ0n) is 15.6.